The van der Waals surface area contributed by atoms with Gasteiger partial charge in [0.15, 0.2) is 0 Å². The zero-order valence-corrected chi connectivity index (χ0v) is 12.9. The third kappa shape index (κ3) is 2.69. The van der Waals surface area contributed by atoms with Crippen LogP contribution in [-0.4, -0.2) is 47.9 Å². The van der Waals surface area contributed by atoms with Crippen LogP contribution in [0.1, 0.15) is 40.2 Å². The third-order valence-corrected chi connectivity index (χ3v) is 5.66. The van der Waals surface area contributed by atoms with E-state index in [0.29, 0.717) is 0 Å². The standard InChI is InChI=1S/C15H23N3OS/c1-11-13(16)10-14(20-11)15(19)18-8-6-17(7-9-18)12-4-2-3-5-12/h10,12H,2-9,16H2,1H3. The molecule has 1 aliphatic carbocycles. The average Bonchev–Trinajstić information content (AvgIpc) is 3.09. The molecule has 0 spiro atoms. The van der Waals surface area contributed by atoms with Gasteiger partial charge in [-0.25, -0.2) is 0 Å². The van der Waals surface area contributed by atoms with E-state index in [0.717, 1.165) is 47.7 Å². The fraction of sp³-hybridized carbons (Fsp3) is 0.667. The summed E-state index contributed by atoms with van der Waals surface area (Å²) in [6, 6.07) is 2.60. The number of thiophene rings is 1. The minimum absolute atomic E-state index is 0.154. The van der Waals surface area contributed by atoms with Gasteiger partial charge in [0, 0.05) is 42.8 Å². The fourth-order valence-electron chi connectivity index (χ4n) is 3.32. The van der Waals surface area contributed by atoms with Crippen LogP contribution >= 0.6 is 11.3 Å². The second-order valence-electron chi connectivity index (χ2n) is 5.89. The lowest BCUT2D eigenvalue weighted by Crippen LogP contribution is -2.51. The zero-order chi connectivity index (χ0) is 14.1. The number of anilines is 1. The first-order chi connectivity index (χ1) is 9.65. The highest BCUT2D eigenvalue weighted by Gasteiger charge is 2.28. The molecule has 4 nitrogen and oxygen atoms in total. The van der Waals surface area contributed by atoms with Crippen LogP contribution in [0.25, 0.3) is 0 Å². The lowest BCUT2D eigenvalue weighted by molar-refractivity contribution is 0.0578. The molecule has 2 aliphatic rings. The summed E-state index contributed by atoms with van der Waals surface area (Å²) in [5.74, 6) is 0.154. The Balaban J connectivity index is 1.58. The summed E-state index contributed by atoms with van der Waals surface area (Å²) < 4.78 is 0. The van der Waals surface area contributed by atoms with E-state index in [1.54, 1.807) is 0 Å². The number of hydrogen-bond donors (Lipinski definition) is 1. The summed E-state index contributed by atoms with van der Waals surface area (Å²) in [5.41, 5.74) is 6.58. The van der Waals surface area contributed by atoms with Crippen LogP contribution in [0.2, 0.25) is 0 Å². The van der Waals surface area contributed by atoms with Crippen molar-refractivity contribution in [3.8, 4) is 0 Å². The Labute approximate surface area is 124 Å². The van der Waals surface area contributed by atoms with Gasteiger partial charge < -0.3 is 10.6 Å². The summed E-state index contributed by atoms with van der Waals surface area (Å²) in [7, 11) is 0. The normalized spacial score (nSPS) is 21.6. The molecule has 1 aromatic heterocycles. The highest BCUT2D eigenvalue weighted by molar-refractivity contribution is 7.14. The van der Waals surface area contributed by atoms with Gasteiger partial charge in [-0.1, -0.05) is 12.8 Å². The molecule has 1 saturated heterocycles. The minimum atomic E-state index is 0.154. The second-order valence-corrected chi connectivity index (χ2v) is 7.14. The van der Waals surface area contributed by atoms with Crippen molar-refractivity contribution in [3.63, 3.8) is 0 Å². The van der Waals surface area contributed by atoms with E-state index in [2.05, 4.69) is 4.90 Å². The van der Waals surface area contributed by atoms with Crippen LogP contribution in [0, 0.1) is 6.92 Å². The van der Waals surface area contributed by atoms with E-state index in [1.165, 1.54) is 37.0 Å². The van der Waals surface area contributed by atoms with Gasteiger partial charge in [-0.3, -0.25) is 9.69 Å². The number of nitrogens with zero attached hydrogens (tertiary/aromatic N) is 2. The van der Waals surface area contributed by atoms with E-state index < -0.39 is 0 Å². The third-order valence-electron chi connectivity index (χ3n) is 4.61. The predicted molar refractivity (Wildman–Crippen MR) is 83.2 cm³/mol. The number of nitrogen functional groups attached to an aromatic ring is 1. The highest BCUT2D eigenvalue weighted by Crippen LogP contribution is 2.27. The van der Waals surface area contributed by atoms with Crippen LogP contribution in [0.4, 0.5) is 5.69 Å². The van der Waals surface area contributed by atoms with Gasteiger partial charge in [0.05, 0.1) is 4.88 Å². The van der Waals surface area contributed by atoms with Crippen LogP contribution < -0.4 is 5.73 Å². The van der Waals surface area contributed by atoms with Gasteiger partial charge >= 0.3 is 0 Å². The maximum absolute atomic E-state index is 12.5. The van der Waals surface area contributed by atoms with Crippen molar-refractivity contribution in [1.82, 2.24) is 9.80 Å². The van der Waals surface area contributed by atoms with Crippen molar-refractivity contribution in [3.05, 3.63) is 15.8 Å². The first kappa shape index (κ1) is 13.9. The molecule has 1 saturated carbocycles. The van der Waals surface area contributed by atoms with Crippen LogP contribution in [0.5, 0.6) is 0 Å². The molecule has 5 heteroatoms. The Kier molecular flexibility index (Phi) is 3.98. The number of rotatable bonds is 2. The number of amides is 1. The fourth-order valence-corrected chi connectivity index (χ4v) is 4.23. The van der Waals surface area contributed by atoms with Gasteiger partial charge in [0.1, 0.15) is 0 Å². The molecule has 20 heavy (non-hydrogen) atoms. The molecule has 3 rings (SSSR count). The van der Waals surface area contributed by atoms with Crippen molar-refractivity contribution in [2.45, 2.75) is 38.6 Å². The molecule has 1 amide bonds. The Bertz CT molecular complexity index is 466. The first-order valence-corrected chi connectivity index (χ1v) is 8.36. The summed E-state index contributed by atoms with van der Waals surface area (Å²) >= 11 is 1.51. The molecule has 0 unspecified atom stereocenters. The molecule has 1 aliphatic heterocycles. The molecular formula is C15H23N3OS. The molecule has 110 valence electrons. The van der Waals surface area contributed by atoms with E-state index in [9.17, 15) is 4.79 Å². The quantitative estimate of drug-likeness (QED) is 0.910. The van der Waals surface area contributed by atoms with Crippen molar-refractivity contribution >= 4 is 22.9 Å². The largest absolute Gasteiger partial charge is 0.398 e. The van der Waals surface area contributed by atoms with Gasteiger partial charge in [-0.05, 0) is 25.8 Å². The van der Waals surface area contributed by atoms with Crippen molar-refractivity contribution in [2.24, 2.45) is 0 Å². The van der Waals surface area contributed by atoms with Gasteiger partial charge in [-0.15, -0.1) is 11.3 Å². The topological polar surface area (TPSA) is 49.6 Å². The van der Waals surface area contributed by atoms with Crippen LogP contribution in [0.15, 0.2) is 6.07 Å². The predicted octanol–water partition coefficient (Wildman–Crippen LogP) is 2.34. The van der Waals surface area contributed by atoms with E-state index >= 15 is 0 Å². The van der Waals surface area contributed by atoms with Crippen molar-refractivity contribution < 1.29 is 4.79 Å². The minimum Gasteiger partial charge on any atom is -0.398 e. The monoisotopic (exact) mass is 293 g/mol. The number of hydrogen-bond acceptors (Lipinski definition) is 4. The molecule has 0 atom stereocenters. The van der Waals surface area contributed by atoms with Crippen LogP contribution in [-0.2, 0) is 0 Å². The number of aryl methyl sites for hydroxylation is 1. The van der Waals surface area contributed by atoms with Crippen LogP contribution in [0.3, 0.4) is 0 Å². The molecule has 2 N–H and O–H groups in total. The second kappa shape index (κ2) is 5.74. The molecule has 0 aromatic carbocycles. The Morgan fingerprint density at radius 1 is 1.25 bits per heavy atom. The molecule has 0 bridgehead atoms. The van der Waals surface area contributed by atoms with E-state index in [4.69, 9.17) is 5.73 Å². The average molecular weight is 293 g/mol. The maximum Gasteiger partial charge on any atom is 0.264 e. The Morgan fingerprint density at radius 2 is 1.90 bits per heavy atom. The molecule has 0 radical (unpaired) electrons. The molecule has 2 heterocycles. The maximum atomic E-state index is 12.5. The van der Waals surface area contributed by atoms with E-state index in [-0.39, 0.29) is 5.91 Å². The molecule has 2 fully saturated rings. The first-order valence-electron chi connectivity index (χ1n) is 7.54. The summed E-state index contributed by atoms with van der Waals surface area (Å²) in [4.78, 5) is 18.8. The Hall–Kier alpha value is -1.07. The summed E-state index contributed by atoms with van der Waals surface area (Å²) in [6.45, 7) is 5.72. The lowest BCUT2D eigenvalue weighted by atomic mass is 10.2. The van der Waals surface area contributed by atoms with Crippen molar-refractivity contribution in [2.75, 3.05) is 31.9 Å². The number of nitrogens with two attached hydrogens (primary N) is 1. The van der Waals surface area contributed by atoms with Gasteiger partial charge in [0.25, 0.3) is 5.91 Å². The summed E-state index contributed by atoms with van der Waals surface area (Å²) in [5, 5.41) is 0. The molecular weight excluding hydrogens is 270 g/mol. The molecule has 1 aromatic rings. The zero-order valence-electron chi connectivity index (χ0n) is 12.1. The highest BCUT2D eigenvalue weighted by atomic mass is 32.1. The summed E-state index contributed by atoms with van der Waals surface area (Å²) in [6.07, 6.45) is 5.43. The number of carbonyl (C=O) groups is 1. The number of carbonyl (C=O) groups excluding carboxylic acids is 1. The number of piperazine rings is 1. The van der Waals surface area contributed by atoms with Gasteiger partial charge in [-0.2, -0.15) is 0 Å². The SMILES string of the molecule is Cc1sc(C(=O)N2CCN(C3CCCC3)CC2)cc1N. The van der Waals surface area contributed by atoms with Crippen molar-refractivity contribution in [1.29, 1.82) is 0 Å². The smallest absolute Gasteiger partial charge is 0.264 e. The lowest BCUT2D eigenvalue weighted by Gasteiger charge is -2.37. The Morgan fingerprint density at radius 3 is 2.45 bits per heavy atom. The van der Waals surface area contributed by atoms with Gasteiger partial charge in [0.2, 0.25) is 0 Å². The van der Waals surface area contributed by atoms with E-state index in [1.807, 2.05) is 17.9 Å².